The van der Waals surface area contributed by atoms with E-state index in [1.54, 1.807) is 0 Å². The van der Waals surface area contributed by atoms with Gasteiger partial charge in [-0.15, -0.1) is 0 Å². The second kappa shape index (κ2) is 5.61. The van der Waals surface area contributed by atoms with Crippen LogP contribution in [0.25, 0.3) is 43.4 Å². The molecule has 0 aliphatic rings. The standard InChI is InChI=1S/C24H15Cl/c25-18-13-12-17-14-24(22-10-4-3-9-21(22)23(17)15-18)20-11-5-7-16-6-1-2-8-19(16)20/h1-15H. The Morgan fingerprint density at radius 2 is 1.16 bits per heavy atom. The third-order valence-corrected chi connectivity index (χ3v) is 5.14. The zero-order chi connectivity index (χ0) is 16.8. The maximum Gasteiger partial charge on any atom is 0.0412 e. The largest absolute Gasteiger partial charge is 0.0843 e. The lowest BCUT2D eigenvalue weighted by Crippen LogP contribution is -1.86. The van der Waals surface area contributed by atoms with E-state index in [9.17, 15) is 0 Å². The van der Waals surface area contributed by atoms with E-state index in [1.165, 1.54) is 43.4 Å². The third-order valence-electron chi connectivity index (χ3n) is 4.90. The predicted octanol–water partition coefficient (Wildman–Crippen LogP) is 7.47. The monoisotopic (exact) mass is 338 g/mol. The minimum absolute atomic E-state index is 0.774. The third kappa shape index (κ3) is 2.30. The fraction of sp³-hybridized carbons (Fsp3) is 0. The van der Waals surface area contributed by atoms with Gasteiger partial charge in [0.05, 0.1) is 0 Å². The molecule has 5 aromatic carbocycles. The van der Waals surface area contributed by atoms with Crippen LogP contribution in [-0.2, 0) is 0 Å². The Morgan fingerprint density at radius 1 is 0.440 bits per heavy atom. The van der Waals surface area contributed by atoms with Crippen molar-refractivity contribution in [1.82, 2.24) is 0 Å². The van der Waals surface area contributed by atoms with E-state index in [0.717, 1.165) is 5.02 Å². The van der Waals surface area contributed by atoms with Crippen LogP contribution in [0.3, 0.4) is 0 Å². The van der Waals surface area contributed by atoms with Gasteiger partial charge in [-0.25, -0.2) is 0 Å². The van der Waals surface area contributed by atoms with Gasteiger partial charge in [-0.05, 0) is 61.6 Å². The summed E-state index contributed by atoms with van der Waals surface area (Å²) in [4.78, 5) is 0. The van der Waals surface area contributed by atoms with Crippen LogP contribution < -0.4 is 0 Å². The van der Waals surface area contributed by atoms with Crippen molar-refractivity contribution in [2.24, 2.45) is 0 Å². The average molecular weight is 339 g/mol. The fourth-order valence-electron chi connectivity index (χ4n) is 3.76. The van der Waals surface area contributed by atoms with Crippen LogP contribution in [0.5, 0.6) is 0 Å². The van der Waals surface area contributed by atoms with Gasteiger partial charge in [-0.1, -0.05) is 84.4 Å². The molecule has 5 aromatic rings. The Morgan fingerprint density at radius 3 is 2.04 bits per heavy atom. The van der Waals surface area contributed by atoms with Crippen molar-refractivity contribution in [1.29, 1.82) is 0 Å². The van der Waals surface area contributed by atoms with Crippen molar-refractivity contribution in [2.75, 3.05) is 0 Å². The molecule has 0 spiro atoms. The zero-order valence-electron chi connectivity index (χ0n) is 13.5. The summed E-state index contributed by atoms with van der Waals surface area (Å²) in [5.41, 5.74) is 2.54. The van der Waals surface area contributed by atoms with Crippen LogP contribution in [0.1, 0.15) is 0 Å². The summed E-state index contributed by atoms with van der Waals surface area (Å²) in [6, 6.07) is 32.1. The number of halogens is 1. The second-order valence-corrected chi connectivity index (χ2v) is 6.80. The second-order valence-electron chi connectivity index (χ2n) is 6.36. The lowest BCUT2D eigenvalue weighted by molar-refractivity contribution is 1.70. The van der Waals surface area contributed by atoms with Crippen LogP contribution in [0, 0.1) is 0 Å². The summed E-state index contributed by atoms with van der Waals surface area (Å²) in [5, 5.41) is 8.23. The number of hydrogen-bond acceptors (Lipinski definition) is 0. The molecule has 0 atom stereocenters. The van der Waals surface area contributed by atoms with Crippen LogP contribution in [0.2, 0.25) is 5.02 Å². The smallest absolute Gasteiger partial charge is 0.0412 e. The first-order chi connectivity index (χ1) is 12.3. The van der Waals surface area contributed by atoms with E-state index in [2.05, 4.69) is 84.9 Å². The molecule has 0 saturated heterocycles. The molecule has 25 heavy (non-hydrogen) atoms. The molecule has 0 unspecified atom stereocenters. The van der Waals surface area contributed by atoms with E-state index in [0.29, 0.717) is 0 Å². The molecule has 0 bridgehead atoms. The number of hydrogen-bond donors (Lipinski definition) is 0. The van der Waals surface area contributed by atoms with Crippen LogP contribution in [0.15, 0.2) is 91.0 Å². The average Bonchev–Trinajstić information content (AvgIpc) is 2.67. The first kappa shape index (κ1) is 14.5. The number of benzene rings is 5. The topological polar surface area (TPSA) is 0 Å². The van der Waals surface area contributed by atoms with Crippen molar-refractivity contribution in [3.8, 4) is 11.1 Å². The van der Waals surface area contributed by atoms with Crippen LogP contribution in [0.4, 0.5) is 0 Å². The molecule has 118 valence electrons. The highest BCUT2D eigenvalue weighted by Gasteiger charge is 2.11. The highest BCUT2D eigenvalue weighted by molar-refractivity contribution is 6.32. The van der Waals surface area contributed by atoms with Gasteiger partial charge in [0.1, 0.15) is 0 Å². The number of rotatable bonds is 1. The van der Waals surface area contributed by atoms with Gasteiger partial charge in [0.25, 0.3) is 0 Å². The minimum atomic E-state index is 0.774. The zero-order valence-corrected chi connectivity index (χ0v) is 14.3. The maximum absolute atomic E-state index is 6.25. The minimum Gasteiger partial charge on any atom is -0.0843 e. The van der Waals surface area contributed by atoms with Gasteiger partial charge in [0.2, 0.25) is 0 Å². The quantitative estimate of drug-likeness (QED) is 0.278. The summed E-state index contributed by atoms with van der Waals surface area (Å²) >= 11 is 6.25. The molecule has 0 N–H and O–H groups in total. The first-order valence-electron chi connectivity index (χ1n) is 8.40. The van der Waals surface area contributed by atoms with Gasteiger partial charge >= 0.3 is 0 Å². The molecular formula is C24H15Cl. The molecule has 5 rings (SSSR count). The lowest BCUT2D eigenvalue weighted by atomic mass is 9.91. The fourth-order valence-corrected chi connectivity index (χ4v) is 3.93. The van der Waals surface area contributed by atoms with Crippen LogP contribution >= 0.6 is 11.6 Å². The Hall–Kier alpha value is -2.83. The van der Waals surface area contributed by atoms with Crippen molar-refractivity contribution in [3.05, 3.63) is 96.0 Å². The molecule has 0 aromatic heterocycles. The van der Waals surface area contributed by atoms with Crippen molar-refractivity contribution >= 4 is 43.9 Å². The molecule has 0 fully saturated rings. The van der Waals surface area contributed by atoms with Crippen molar-refractivity contribution < 1.29 is 0 Å². The maximum atomic E-state index is 6.25. The summed E-state index contributed by atoms with van der Waals surface area (Å²) in [5.74, 6) is 0. The molecule has 0 aliphatic carbocycles. The molecule has 0 heterocycles. The molecule has 0 aliphatic heterocycles. The Labute approximate surface area is 151 Å². The molecule has 0 amide bonds. The van der Waals surface area contributed by atoms with E-state index in [1.807, 2.05) is 6.07 Å². The summed E-state index contributed by atoms with van der Waals surface area (Å²) in [6.07, 6.45) is 0. The Bertz CT molecular complexity index is 1250. The lowest BCUT2D eigenvalue weighted by Gasteiger charge is -2.13. The normalized spacial score (nSPS) is 11.4. The first-order valence-corrected chi connectivity index (χ1v) is 8.78. The highest BCUT2D eigenvalue weighted by Crippen LogP contribution is 2.38. The van der Waals surface area contributed by atoms with E-state index in [-0.39, 0.29) is 0 Å². The molecular weight excluding hydrogens is 324 g/mol. The molecule has 0 radical (unpaired) electrons. The van der Waals surface area contributed by atoms with E-state index < -0.39 is 0 Å². The Balaban J connectivity index is 1.97. The van der Waals surface area contributed by atoms with E-state index >= 15 is 0 Å². The SMILES string of the molecule is Clc1ccc2cc(-c3cccc4ccccc34)c3ccccc3c2c1. The molecule has 1 heteroatoms. The molecule has 0 saturated carbocycles. The van der Waals surface area contributed by atoms with Gasteiger partial charge in [-0.2, -0.15) is 0 Å². The van der Waals surface area contributed by atoms with Crippen LogP contribution in [-0.4, -0.2) is 0 Å². The van der Waals surface area contributed by atoms with Crippen molar-refractivity contribution in [2.45, 2.75) is 0 Å². The summed E-state index contributed by atoms with van der Waals surface area (Å²) in [7, 11) is 0. The number of fused-ring (bicyclic) bond motifs is 4. The predicted molar refractivity (Wildman–Crippen MR) is 109 cm³/mol. The van der Waals surface area contributed by atoms with E-state index in [4.69, 9.17) is 11.6 Å². The van der Waals surface area contributed by atoms with Gasteiger partial charge in [0.15, 0.2) is 0 Å². The Kier molecular flexibility index (Phi) is 3.26. The van der Waals surface area contributed by atoms with Gasteiger partial charge in [-0.3, -0.25) is 0 Å². The summed E-state index contributed by atoms with van der Waals surface area (Å²) in [6.45, 7) is 0. The summed E-state index contributed by atoms with van der Waals surface area (Å²) < 4.78 is 0. The molecule has 0 nitrogen and oxygen atoms in total. The highest BCUT2D eigenvalue weighted by atomic mass is 35.5. The van der Waals surface area contributed by atoms with Gasteiger partial charge in [0, 0.05) is 5.02 Å². The van der Waals surface area contributed by atoms with Crippen molar-refractivity contribution in [3.63, 3.8) is 0 Å². The van der Waals surface area contributed by atoms with Gasteiger partial charge < -0.3 is 0 Å².